The predicted octanol–water partition coefficient (Wildman–Crippen LogP) is 17.2. The Balaban J connectivity index is 0.914. The first kappa shape index (κ1) is 40.4. The van der Waals surface area contributed by atoms with E-state index in [1.165, 1.54) is 97.8 Å². The lowest BCUT2D eigenvalue weighted by Gasteiger charge is -2.39. The van der Waals surface area contributed by atoms with Gasteiger partial charge < -0.3 is 9.47 Å². The molecule has 1 aromatic heterocycles. The van der Waals surface area contributed by atoms with Gasteiger partial charge in [-0.1, -0.05) is 195 Å². The highest BCUT2D eigenvalue weighted by molar-refractivity contribution is 6.10. The molecule has 0 N–H and O–H groups in total. The average Bonchev–Trinajstić information content (AvgIpc) is 4.20. The zero-order valence-corrected chi connectivity index (χ0v) is 38.9. The summed E-state index contributed by atoms with van der Waals surface area (Å²) in [4.78, 5) is 2.62. The number of anilines is 2. The SMILES string of the molecule is C1=CC(c2ccccc2-c2ccccc2-c2ccccc2)C(N(c2ccc(C3=CC4=C(CC3)c3ccccc3C43CC4CCC3C4)cc2)c2ccc3c4ccccc4n(-c4ccccc4)c3c2)C=C1. The van der Waals surface area contributed by atoms with Crippen LogP contribution in [0.3, 0.4) is 0 Å². The number of fused-ring (bicyclic) bond motifs is 10. The summed E-state index contributed by atoms with van der Waals surface area (Å²) in [5.41, 5.74) is 21.7. The molecule has 1 heterocycles. The Bertz CT molecular complexity index is 3580. The van der Waals surface area contributed by atoms with Gasteiger partial charge in [-0.15, -0.1) is 0 Å². The molecule has 2 saturated carbocycles. The molecule has 1 spiro atoms. The zero-order chi connectivity index (χ0) is 45.5. The van der Waals surface area contributed by atoms with Gasteiger partial charge >= 0.3 is 0 Å². The molecule has 14 rings (SSSR count). The van der Waals surface area contributed by atoms with Crippen LogP contribution < -0.4 is 4.90 Å². The van der Waals surface area contributed by atoms with Crippen molar-refractivity contribution in [3.63, 3.8) is 0 Å². The van der Waals surface area contributed by atoms with Crippen LogP contribution in [0.5, 0.6) is 0 Å². The van der Waals surface area contributed by atoms with Crippen LogP contribution in [0.1, 0.15) is 66.7 Å². The van der Waals surface area contributed by atoms with Crippen LogP contribution in [0, 0.1) is 11.8 Å². The normalized spacial score (nSPS) is 22.1. The fourth-order valence-electron chi connectivity index (χ4n) is 13.9. The number of rotatable bonds is 8. The average molecular weight is 887 g/mol. The lowest BCUT2D eigenvalue weighted by atomic mass is 9.65. The molecule has 0 saturated heterocycles. The zero-order valence-electron chi connectivity index (χ0n) is 38.9. The van der Waals surface area contributed by atoms with Crippen molar-refractivity contribution >= 4 is 44.3 Å². The fraction of sp³-hybridized carbons (Fsp3) is 0.164. The number of hydrogen-bond acceptors (Lipinski definition) is 1. The Hall–Kier alpha value is -7.68. The third-order valence-electron chi connectivity index (χ3n) is 16.8. The summed E-state index contributed by atoms with van der Waals surface area (Å²) in [6, 6.07) is 74.9. The first-order chi connectivity index (χ1) is 34.2. The maximum atomic E-state index is 2.66. The highest BCUT2D eigenvalue weighted by Gasteiger charge is 2.57. The topological polar surface area (TPSA) is 8.17 Å². The Labute approximate surface area is 405 Å². The molecule has 9 aromatic rings. The highest BCUT2D eigenvalue weighted by atomic mass is 15.2. The van der Waals surface area contributed by atoms with E-state index < -0.39 is 0 Å². The second-order valence-electron chi connectivity index (χ2n) is 20.3. The Morgan fingerprint density at radius 2 is 1.19 bits per heavy atom. The standard InChI is InChI=1S/C67H54N2/c1-3-17-47(18-4-1)53-21-7-8-22-54(53)55-23-9-10-24-56(55)59-26-12-15-29-64(59)68(52-38-40-61-60-27-13-16-30-65(60)69(66(61)43-52)50-19-5-2-6-20-50)51-36-32-46(33-37-51)48-34-39-58-57-25-11-14-28-62(57)67(63(58)42-48)44-45-31-35-49(67)41-45/h1-30,32-33,36-38,40,42-43,45,49,59,64H,31,34-35,39,41,44H2. The molecule has 2 fully saturated rings. The number of aromatic nitrogens is 1. The van der Waals surface area contributed by atoms with Gasteiger partial charge in [-0.3, -0.25) is 0 Å². The molecule has 8 aromatic carbocycles. The summed E-state index contributed by atoms with van der Waals surface area (Å²) < 4.78 is 2.45. The molecule has 2 bridgehead atoms. The lowest BCUT2D eigenvalue weighted by Crippen LogP contribution is -2.35. The molecule has 2 heteroatoms. The van der Waals surface area contributed by atoms with E-state index in [9.17, 15) is 0 Å². The molecule has 0 aliphatic heterocycles. The van der Waals surface area contributed by atoms with Crippen LogP contribution in [0.2, 0.25) is 0 Å². The smallest absolute Gasteiger partial charge is 0.0628 e. The van der Waals surface area contributed by atoms with Crippen LogP contribution in [0.4, 0.5) is 11.4 Å². The van der Waals surface area contributed by atoms with Gasteiger partial charge in [0.25, 0.3) is 0 Å². The van der Waals surface area contributed by atoms with Crippen molar-refractivity contribution in [1.29, 1.82) is 0 Å². The largest absolute Gasteiger partial charge is 0.334 e. The molecule has 5 atom stereocenters. The van der Waals surface area contributed by atoms with Crippen molar-refractivity contribution in [2.45, 2.75) is 55.9 Å². The maximum Gasteiger partial charge on any atom is 0.0628 e. The van der Waals surface area contributed by atoms with Gasteiger partial charge in [0.05, 0.1) is 17.1 Å². The van der Waals surface area contributed by atoms with Gasteiger partial charge in [0.2, 0.25) is 0 Å². The first-order valence-corrected chi connectivity index (χ1v) is 25.3. The molecule has 0 amide bonds. The van der Waals surface area contributed by atoms with E-state index in [-0.39, 0.29) is 17.4 Å². The minimum Gasteiger partial charge on any atom is -0.334 e. The second-order valence-corrected chi connectivity index (χ2v) is 20.3. The van der Waals surface area contributed by atoms with E-state index in [2.05, 4.69) is 240 Å². The summed E-state index contributed by atoms with van der Waals surface area (Å²) in [6.07, 6.45) is 19.7. The van der Waals surface area contributed by atoms with E-state index in [1.807, 2.05) is 0 Å². The summed E-state index contributed by atoms with van der Waals surface area (Å²) >= 11 is 0. The number of benzene rings is 8. The minimum atomic E-state index is -0.0193. The van der Waals surface area contributed by atoms with Crippen molar-refractivity contribution in [3.8, 4) is 27.9 Å². The number of para-hydroxylation sites is 2. The molecular formula is C67H54N2. The van der Waals surface area contributed by atoms with Gasteiger partial charge in [0.15, 0.2) is 0 Å². The molecule has 69 heavy (non-hydrogen) atoms. The molecule has 2 nitrogen and oxygen atoms in total. The Kier molecular flexibility index (Phi) is 9.51. The third kappa shape index (κ3) is 6.38. The van der Waals surface area contributed by atoms with Gasteiger partial charge in [-0.05, 0) is 148 Å². The Morgan fingerprint density at radius 1 is 0.507 bits per heavy atom. The number of nitrogens with zero attached hydrogens (tertiary/aromatic N) is 2. The molecule has 332 valence electrons. The lowest BCUT2D eigenvalue weighted by molar-refractivity contribution is 0.324. The van der Waals surface area contributed by atoms with Crippen LogP contribution in [-0.2, 0) is 5.41 Å². The van der Waals surface area contributed by atoms with Crippen molar-refractivity contribution < 1.29 is 0 Å². The van der Waals surface area contributed by atoms with Crippen LogP contribution in [-0.4, -0.2) is 10.6 Å². The fourth-order valence-corrected chi connectivity index (χ4v) is 13.9. The van der Waals surface area contributed by atoms with Crippen LogP contribution in [0.15, 0.2) is 236 Å². The first-order valence-electron chi connectivity index (χ1n) is 25.3. The summed E-state index contributed by atoms with van der Waals surface area (Å²) in [5.74, 6) is 1.69. The minimum absolute atomic E-state index is 0.0193. The molecule has 0 radical (unpaired) electrons. The van der Waals surface area contributed by atoms with E-state index >= 15 is 0 Å². The van der Waals surface area contributed by atoms with Gasteiger partial charge in [-0.2, -0.15) is 0 Å². The maximum absolute atomic E-state index is 2.66. The van der Waals surface area contributed by atoms with Crippen molar-refractivity contribution in [2.24, 2.45) is 11.8 Å². The van der Waals surface area contributed by atoms with Crippen LogP contribution in [0.25, 0.3) is 60.9 Å². The molecule has 5 unspecified atom stereocenters. The van der Waals surface area contributed by atoms with E-state index in [0.717, 1.165) is 30.4 Å². The van der Waals surface area contributed by atoms with Crippen molar-refractivity contribution in [2.75, 3.05) is 4.90 Å². The van der Waals surface area contributed by atoms with Crippen molar-refractivity contribution in [1.82, 2.24) is 4.57 Å². The van der Waals surface area contributed by atoms with E-state index in [4.69, 9.17) is 0 Å². The highest BCUT2D eigenvalue weighted by Crippen LogP contribution is 2.66. The number of allylic oxidation sites excluding steroid dienone is 6. The molecular weight excluding hydrogens is 833 g/mol. The summed E-state index contributed by atoms with van der Waals surface area (Å²) in [5, 5.41) is 2.52. The quantitative estimate of drug-likeness (QED) is 0.148. The predicted molar refractivity (Wildman–Crippen MR) is 289 cm³/mol. The van der Waals surface area contributed by atoms with Gasteiger partial charge in [-0.25, -0.2) is 0 Å². The molecule has 5 aliphatic rings. The summed E-state index contributed by atoms with van der Waals surface area (Å²) in [7, 11) is 0. The monoisotopic (exact) mass is 886 g/mol. The van der Waals surface area contributed by atoms with Crippen LogP contribution >= 0.6 is 0 Å². The van der Waals surface area contributed by atoms with E-state index in [0.29, 0.717) is 0 Å². The number of hydrogen-bond donors (Lipinski definition) is 0. The second kappa shape index (κ2) is 16.2. The van der Waals surface area contributed by atoms with E-state index in [1.54, 1.807) is 22.3 Å². The van der Waals surface area contributed by atoms with Crippen molar-refractivity contribution in [3.05, 3.63) is 258 Å². The third-order valence-corrected chi connectivity index (χ3v) is 16.8. The molecule has 5 aliphatic carbocycles. The van der Waals surface area contributed by atoms with Gasteiger partial charge in [0, 0.05) is 39.2 Å². The Morgan fingerprint density at radius 3 is 2.00 bits per heavy atom. The summed E-state index contributed by atoms with van der Waals surface area (Å²) in [6.45, 7) is 0. The van der Waals surface area contributed by atoms with Gasteiger partial charge in [0.1, 0.15) is 0 Å².